The van der Waals surface area contributed by atoms with Gasteiger partial charge in [0.25, 0.3) is 0 Å². The molecule has 0 heterocycles. The Hall–Kier alpha value is -0.480. The summed E-state index contributed by atoms with van der Waals surface area (Å²) in [5.74, 6) is 0.0685. The van der Waals surface area contributed by atoms with Gasteiger partial charge in [-0.25, -0.2) is 0 Å². The standard InChI is InChI=1S/C15H25Cl2NO3/c16-10-13(11-17)21-15(20)9-5-8-14(19)18-12-6-3-1-2-4-7-12/h12-13H,1-11H2,(H,18,19). The Bertz CT molecular complexity index is 314. The van der Waals surface area contributed by atoms with Crippen molar-refractivity contribution in [3.05, 3.63) is 0 Å². The zero-order valence-corrected chi connectivity index (χ0v) is 13.9. The lowest BCUT2D eigenvalue weighted by molar-refractivity contribution is -0.147. The monoisotopic (exact) mass is 337 g/mol. The van der Waals surface area contributed by atoms with Crippen LogP contribution in [0.25, 0.3) is 0 Å². The van der Waals surface area contributed by atoms with Crippen LogP contribution in [0, 0.1) is 0 Å². The van der Waals surface area contributed by atoms with E-state index >= 15 is 0 Å². The lowest BCUT2D eigenvalue weighted by Crippen LogP contribution is -2.34. The molecule has 1 rings (SSSR count). The van der Waals surface area contributed by atoms with Crippen LogP contribution in [0.5, 0.6) is 0 Å². The number of carbonyl (C=O) groups is 2. The summed E-state index contributed by atoms with van der Waals surface area (Å²) < 4.78 is 5.06. The first-order valence-corrected chi connectivity index (χ1v) is 8.83. The van der Waals surface area contributed by atoms with Crippen LogP contribution in [0.15, 0.2) is 0 Å². The summed E-state index contributed by atoms with van der Waals surface area (Å²) >= 11 is 11.2. The van der Waals surface area contributed by atoms with Crippen molar-refractivity contribution in [2.75, 3.05) is 11.8 Å². The van der Waals surface area contributed by atoms with Gasteiger partial charge in [0.15, 0.2) is 0 Å². The molecule has 0 atom stereocenters. The average Bonchev–Trinajstić information content (AvgIpc) is 2.73. The molecule has 21 heavy (non-hydrogen) atoms. The molecule has 0 aromatic heterocycles. The predicted octanol–water partition coefficient (Wildman–Crippen LogP) is 3.39. The van der Waals surface area contributed by atoms with Crippen LogP contribution in [0.2, 0.25) is 0 Å². The van der Waals surface area contributed by atoms with Crippen LogP contribution >= 0.6 is 23.2 Å². The molecule has 0 radical (unpaired) electrons. The number of ether oxygens (including phenoxy) is 1. The highest BCUT2D eigenvalue weighted by atomic mass is 35.5. The van der Waals surface area contributed by atoms with Crippen LogP contribution in [0.3, 0.4) is 0 Å². The Kier molecular flexibility index (Phi) is 9.85. The number of hydrogen-bond acceptors (Lipinski definition) is 3. The highest BCUT2D eigenvalue weighted by molar-refractivity contribution is 6.21. The molecule has 0 aliphatic heterocycles. The third-order valence-electron chi connectivity index (χ3n) is 3.65. The number of amides is 1. The zero-order valence-electron chi connectivity index (χ0n) is 12.4. The maximum absolute atomic E-state index is 11.8. The predicted molar refractivity (Wildman–Crippen MR) is 84.8 cm³/mol. The molecule has 1 N–H and O–H groups in total. The summed E-state index contributed by atoms with van der Waals surface area (Å²) in [5.41, 5.74) is 0. The van der Waals surface area contributed by atoms with E-state index in [0.717, 1.165) is 12.8 Å². The van der Waals surface area contributed by atoms with Crippen LogP contribution in [0.1, 0.15) is 57.8 Å². The summed E-state index contributed by atoms with van der Waals surface area (Å²) in [6.45, 7) is 0. The Morgan fingerprint density at radius 2 is 1.67 bits per heavy atom. The smallest absolute Gasteiger partial charge is 0.306 e. The highest BCUT2D eigenvalue weighted by Gasteiger charge is 2.16. The van der Waals surface area contributed by atoms with Gasteiger partial charge in [-0.05, 0) is 19.3 Å². The molecule has 0 aromatic carbocycles. The lowest BCUT2D eigenvalue weighted by Gasteiger charge is -2.16. The molecule has 0 saturated heterocycles. The molecule has 1 aliphatic rings. The number of carbonyl (C=O) groups excluding carboxylic acids is 2. The number of alkyl halides is 2. The average molecular weight is 338 g/mol. The van der Waals surface area contributed by atoms with E-state index in [1.807, 2.05) is 0 Å². The van der Waals surface area contributed by atoms with E-state index in [0.29, 0.717) is 18.9 Å². The van der Waals surface area contributed by atoms with Crippen molar-refractivity contribution in [1.82, 2.24) is 5.32 Å². The largest absolute Gasteiger partial charge is 0.460 e. The first kappa shape index (κ1) is 18.6. The summed E-state index contributed by atoms with van der Waals surface area (Å²) in [5, 5.41) is 3.06. The van der Waals surface area contributed by atoms with Gasteiger partial charge < -0.3 is 10.1 Å². The van der Waals surface area contributed by atoms with Crippen molar-refractivity contribution in [2.45, 2.75) is 69.9 Å². The second-order valence-electron chi connectivity index (χ2n) is 5.53. The Morgan fingerprint density at radius 1 is 1.05 bits per heavy atom. The van der Waals surface area contributed by atoms with Gasteiger partial charge in [0, 0.05) is 18.9 Å². The maximum atomic E-state index is 11.8. The molecule has 0 bridgehead atoms. The van der Waals surface area contributed by atoms with Crippen LogP contribution < -0.4 is 5.32 Å². The van der Waals surface area contributed by atoms with Gasteiger partial charge in [0.2, 0.25) is 5.91 Å². The minimum Gasteiger partial charge on any atom is -0.460 e. The van der Waals surface area contributed by atoms with E-state index in [2.05, 4.69) is 5.32 Å². The van der Waals surface area contributed by atoms with E-state index in [-0.39, 0.29) is 30.1 Å². The fourth-order valence-corrected chi connectivity index (χ4v) is 2.92. The van der Waals surface area contributed by atoms with Crippen molar-refractivity contribution < 1.29 is 14.3 Å². The van der Waals surface area contributed by atoms with Crippen molar-refractivity contribution in [1.29, 1.82) is 0 Å². The van der Waals surface area contributed by atoms with E-state index in [1.54, 1.807) is 0 Å². The second kappa shape index (κ2) is 11.1. The Balaban J connectivity index is 2.13. The summed E-state index contributed by atoms with van der Waals surface area (Å²) in [6.07, 6.45) is 7.68. The fraction of sp³-hybridized carbons (Fsp3) is 0.867. The molecule has 1 aliphatic carbocycles. The third-order valence-corrected chi connectivity index (χ3v) is 4.34. The topological polar surface area (TPSA) is 55.4 Å². The van der Waals surface area contributed by atoms with Crippen molar-refractivity contribution in [3.63, 3.8) is 0 Å². The number of nitrogens with one attached hydrogen (secondary N) is 1. The normalized spacial score (nSPS) is 16.5. The van der Waals surface area contributed by atoms with E-state index in [1.165, 1.54) is 25.7 Å². The van der Waals surface area contributed by atoms with Gasteiger partial charge >= 0.3 is 5.97 Å². The van der Waals surface area contributed by atoms with Crippen LogP contribution in [0.4, 0.5) is 0 Å². The van der Waals surface area contributed by atoms with Gasteiger partial charge in [-0.1, -0.05) is 25.7 Å². The van der Waals surface area contributed by atoms with E-state index in [9.17, 15) is 9.59 Å². The third kappa shape index (κ3) is 8.52. The molecule has 122 valence electrons. The molecular weight excluding hydrogens is 313 g/mol. The molecule has 6 heteroatoms. The Morgan fingerprint density at radius 3 is 2.24 bits per heavy atom. The Labute approximate surface area is 136 Å². The van der Waals surface area contributed by atoms with Gasteiger partial charge in [-0.15, -0.1) is 23.2 Å². The second-order valence-corrected chi connectivity index (χ2v) is 6.15. The van der Waals surface area contributed by atoms with Crippen LogP contribution in [-0.2, 0) is 14.3 Å². The molecule has 1 saturated carbocycles. The lowest BCUT2D eigenvalue weighted by atomic mass is 10.1. The first-order chi connectivity index (χ1) is 10.2. The summed E-state index contributed by atoms with van der Waals surface area (Å²) in [7, 11) is 0. The minimum atomic E-state index is -0.444. The van der Waals surface area contributed by atoms with Gasteiger partial charge in [-0.3, -0.25) is 9.59 Å². The highest BCUT2D eigenvalue weighted by Crippen LogP contribution is 2.17. The van der Waals surface area contributed by atoms with Gasteiger partial charge in [0.1, 0.15) is 6.10 Å². The molecule has 4 nitrogen and oxygen atoms in total. The number of halogens is 2. The molecule has 0 spiro atoms. The maximum Gasteiger partial charge on any atom is 0.306 e. The van der Waals surface area contributed by atoms with Crippen molar-refractivity contribution in [3.8, 4) is 0 Å². The van der Waals surface area contributed by atoms with Crippen molar-refractivity contribution in [2.24, 2.45) is 0 Å². The summed E-state index contributed by atoms with van der Waals surface area (Å²) in [6, 6.07) is 0.309. The van der Waals surface area contributed by atoms with Gasteiger partial charge in [0.05, 0.1) is 11.8 Å². The number of esters is 1. The van der Waals surface area contributed by atoms with Gasteiger partial charge in [-0.2, -0.15) is 0 Å². The van der Waals surface area contributed by atoms with E-state index < -0.39 is 6.10 Å². The summed E-state index contributed by atoms with van der Waals surface area (Å²) in [4.78, 5) is 23.4. The fourth-order valence-electron chi connectivity index (χ4n) is 2.47. The molecule has 0 unspecified atom stereocenters. The SMILES string of the molecule is O=C(CCCC(=O)OC(CCl)CCl)NC1CCCCCC1. The molecule has 0 aromatic rings. The van der Waals surface area contributed by atoms with Crippen LogP contribution in [-0.4, -0.2) is 35.8 Å². The first-order valence-electron chi connectivity index (χ1n) is 7.76. The van der Waals surface area contributed by atoms with Crippen molar-refractivity contribution >= 4 is 35.1 Å². The number of hydrogen-bond donors (Lipinski definition) is 1. The number of rotatable bonds is 8. The zero-order chi connectivity index (χ0) is 15.5. The molecule has 1 amide bonds. The molecular formula is C15H25Cl2NO3. The minimum absolute atomic E-state index is 0.0286. The molecule has 1 fully saturated rings. The quantitative estimate of drug-likeness (QED) is 0.419. The van der Waals surface area contributed by atoms with E-state index in [4.69, 9.17) is 27.9 Å².